The number of rotatable bonds is 4. The summed E-state index contributed by atoms with van der Waals surface area (Å²) in [6.07, 6.45) is 2.92. The summed E-state index contributed by atoms with van der Waals surface area (Å²) in [4.78, 5) is 19.3. The molecule has 3 heterocycles. The molecule has 2 N–H and O–H groups in total. The Balaban J connectivity index is 1.43. The second-order valence-electron chi connectivity index (χ2n) is 6.35. The quantitative estimate of drug-likeness (QED) is 0.889. The molecular formula is C17H22N4O2S. The van der Waals surface area contributed by atoms with Crippen molar-refractivity contribution in [3.05, 3.63) is 18.2 Å². The number of morpholine rings is 1. The molecule has 24 heavy (non-hydrogen) atoms. The highest BCUT2D eigenvalue weighted by Crippen LogP contribution is 2.32. The van der Waals surface area contributed by atoms with Gasteiger partial charge in [0.05, 0.1) is 23.4 Å². The lowest BCUT2D eigenvalue weighted by Crippen LogP contribution is -2.43. The van der Waals surface area contributed by atoms with E-state index >= 15 is 0 Å². The van der Waals surface area contributed by atoms with Crippen LogP contribution < -0.4 is 15.5 Å². The topological polar surface area (TPSA) is 66.5 Å². The van der Waals surface area contributed by atoms with E-state index in [1.807, 2.05) is 18.2 Å². The first kappa shape index (κ1) is 15.8. The zero-order chi connectivity index (χ0) is 16.4. The van der Waals surface area contributed by atoms with Gasteiger partial charge in [0.1, 0.15) is 0 Å². The zero-order valence-corrected chi connectivity index (χ0v) is 14.4. The Morgan fingerprint density at radius 3 is 3.08 bits per heavy atom. The molecule has 2 fully saturated rings. The predicted molar refractivity (Wildman–Crippen MR) is 96.9 cm³/mol. The molecule has 128 valence electrons. The van der Waals surface area contributed by atoms with Crippen LogP contribution in [0.25, 0.3) is 10.2 Å². The highest BCUT2D eigenvalue weighted by Gasteiger charge is 2.18. The molecule has 1 amide bonds. The number of hydrogen-bond acceptors (Lipinski definition) is 6. The number of thiazole rings is 1. The Kier molecular flexibility index (Phi) is 4.64. The van der Waals surface area contributed by atoms with Crippen LogP contribution in [0.3, 0.4) is 0 Å². The maximum Gasteiger partial charge on any atom is 0.226 e. The van der Waals surface area contributed by atoms with Crippen LogP contribution in [0.5, 0.6) is 0 Å². The summed E-state index contributed by atoms with van der Waals surface area (Å²) >= 11 is 1.70. The number of nitrogens with one attached hydrogen (secondary N) is 2. The summed E-state index contributed by atoms with van der Waals surface area (Å²) in [7, 11) is 0. The van der Waals surface area contributed by atoms with Crippen LogP contribution in [0.15, 0.2) is 18.2 Å². The Bertz CT molecular complexity index is 720. The van der Waals surface area contributed by atoms with Gasteiger partial charge >= 0.3 is 0 Å². The summed E-state index contributed by atoms with van der Waals surface area (Å²) in [5.41, 5.74) is 1.84. The van der Waals surface area contributed by atoms with E-state index in [4.69, 9.17) is 9.72 Å². The van der Waals surface area contributed by atoms with Gasteiger partial charge in [0, 0.05) is 37.8 Å². The summed E-state index contributed by atoms with van der Waals surface area (Å²) in [5.74, 6) is 0.0154. The van der Waals surface area contributed by atoms with Crippen molar-refractivity contribution < 1.29 is 9.53 Å². The number of ether oxygens (including phenoxy) is 1. The minimum Gasteiger partial charge on any atom is -0.378 e. The molecule has 0 bridgehead atoms. The first-order valence-electron chi connectivity index (χ1n) is 8.54. The van der Waals surface area contributed by atoms with Gasteiger partial charge in [0.15, 0.2) is 5.13 Å². The molecule has 1 aromatic heterocycles. The van der Waals surface area contributed by atoms with Gasteiger partial charge in [-0.1, -0.05) is 11.3 Å². The number of carbonyl (C=O) groups excluding carboxylic acids is 1. The summed E-state index contributed by atoms with van der Waals surface area (Å²) in [5, 5.41) is 7.38. The molecule has 0 radical (unpaired) electrons. The van der Waals surface area contributed by atoms with Gasteiger partial charge in [-0.15, -0.1) is 0 Å². The number of nitrogens with zero attached hydrogens (tertiary/aromatic N) is 2. The maximum absolute atomic E-state index is 12.2. The van der Waals surface area contributed by atoms with E-state index in [1.165, 1.54) is 12.8 Å². The minimum atomic E-state index is 0.0154. The molecule has 0 saturated carbocycles. The number of benzene rings is 1. The number of aromatic nitrogens is 1. The van der Waals surface area contributed by atoms with Crippen LogP contribution in [0, 0.1) is 0 Å². The molecule has 2 aromatic rings. The van der Waals surface area contributed by atoms with Gasteiger partial charge in [-0.2, -0.15) is 0 Å². The highest BCUT2D eigenvalue weighted by atomic mass is 32.1. The van der Waals surface area contributed by atoms with E-state index in [0.717, 1.165) is 47.3 Å². The Labute approximate surface area is 145 Å². The van der Waals surface area contributed by atoms with E-state index in [-0.39, 0.29) is 11.9 Å². The Hall–Kier alpha value is -1.70. The number of carbonyl (C=O) groups is 1. The molecule has 4 rings (SSSR count). The van der Waals surface area contributed by atoms with E-state index < -0.39 is 0 Å². The van der Waals surface area contributed by atoms with Crippen LogP contribution in [0.1, 0.15) is 19.3 Å². The van der Waals surface area contributed by atoms with Crippen LogP contribution in [-0.4, -0.2) is 49.8 Å². The Morgan fingerprint density at radius 1 is 1.42 bits per heavy atom. The van der Waals surface area contributed by atoms with Crippen molar-refractivity contribution >= 4 is 38.3 Å². The third-order valence-corrected chi connectivity index (χ3v) is 5.55. The van der Waals surface area contributed by atoms with E-state index in [1.54, 1.807) is 11.3 Å². The fourth-order valence-electron chi connectivity index (χ4n) is 3.22. The second kappa shape index (κ2) is 7.04. The van der Waals surface area contributed by atoms with Gasteiger partial charge in [-0.25, -0.2) is 4.98 Å². The molecule has 2 aliphatic heterocycles. The number of hydrogen-bond donors (Lipinski definition) is 2. The smallest absolute Gasteiger partial charge is 0.226 e. The van der Waals surface area contributed by atoms with E-state index in [0.29, 0.717) is 13.0 Å². The molecule has 0 spiro atoms. The van der Waals surface area contributed by atoms with Crippen molar-refractivity contribution in [3.63, 3.8) is 0 Å². The molecule has 2 aliphatic rings. The largest absolute Gasteiger partial charge is 0.378 e. The van der Waals surface area contributed by atoms with Crippen molar-refractivity contribution in [1.29, 1.82) is 0 Å². The average Bonchev–Trinajstić information content (AvgIpc) is 3.24. The van der Waals surface area contributed by atoms with Crippen LogP contribution in [0.4, 0.5) is 10.8 Å². The highest BCUT2D eigenvalue weighted by molar-refractivity contribution is 7.22. The van der Waals surface area contributed by atoms with Crippen LogP contribution in [0.2, 0.25) is 0 Å². The van der Waals surface area contributed by atoms with E-state index in [2.05, 4.69) is 15.5 Å². The third-order valence-electron chi connectivity index (χ3n) is 4.47. The predicted octanol–water partition coefficient (Wildman–Crippen LogP) is 2.21. The van der Waals surface area contributed by atoms with Crippen LogP contribution >= 0.6 is 11.3 Å². The van der Waals surface area contributed by atoms with Crippen molar-refractivity contribution in [2.45, 2.75) is 25.3 Å². The summed E-state index contributed by atoms with van der Waals surface area (Å²) in [6, 6.07) is 6.05. The SMILES string of the molecule is O=C(CC1COCCN1)Nc1ccc2nc(N3CCCC3)sc2c1. The normalized spacial score (nSPS) is 21.3. The maximum atomic E-state index is 12.2. The van der Waals surface area contributed by atoms with Gasteiger partial charge < -0.3 is 20.3 Å². The second-order valence-corrected chi connectivity index (χ2v) is 7.36. The third kappa shape index (κ3) is 3.53. The first-order chi connectivity index (χ1) is 11.8. The molecular weight excluding hydrogens is 324 g/mol. The number of amides is 1. The molecule has 1 atom stereocenters. The molecule has 1 unspecified atom stereocenters. The fourth-order valence-corrected chi connectivity index (χ4v) is 4.28. The molecule has 2 saturated heterocycles. The minimum absolute atomic E-state index is 0.0154. The number of anilines is 2. The van der Waals surface area contributed by atoms with Gasteiger partial charge in [-0.3, -0.25) is 4.79 Å². The summed E-state index contributed by atoms with van der Waals surface area (Å²) in [6.45, 7) is 4.32. The van der Waals surface area contributed by atoms with Gasteiger partial charge in [-0.05, 0) is 31.0 Å². The first-order valence-corrected chi connectivity index (χ1v) is 9.36. The van der Waals surface area contributed by atoms with E-state index in [9.17, 15) is 4.79 Å². The van der Waals surface area contributed by atoms with Crippen molar-refractivity contribution in [3.8, 4) is 0 Å². The van der Waals surface area contributed by atoms with Crippen molar-refractivity contribution in [2.24, 2.45) is 0 Å². The van der Waals surface area contributed by atoms with Gasteiger partial charge in [0.25, 0.3) is 0 Å². The van der Waals surface area contributed by atoms with Crippen molar-refractivity contribution in [1.82, 2.24) is 10.3 Å². The number of fused-ring (bicyclic) bond motifs is 1. The molecule has 0 aliphatic carbocycles. The zero-order valence-electron chi connectivity index (χ0n) is 13.6. The summed E-state index contributed by atoms with van der Waals surface area (Å²) < 4.78 is 6.51. The monoisotopic (exact) mass is 346 g/mol. The molecule has 6 nitrogen and oxygen atoms in total. The van der Waals surface area contributed by atoms with Gasteiger partial charge in [0.2, 0.25) is 5.91 Å². The Morgan fingerprint density at radius 2 is 2.29 bits per heavy atom. The standard InChI is InChI=1S/C17H22N4O2S/c22-16(10-13-11-23-8-5-18-13)19-12-3-4-14-15(9-12)24-17(20-14)21-6-1-2-7-21/h3-4,9,13,18H,1-2,5-8,10-11H2,(H,19,22). The average molecular weight is 346 g/mol. The lowest BCUT2D eigenvalue weighted by Gasteiger charge is -2.23. The molecule has 7 heteroatoms. The lowest BCUT2D eigenvalue weighted by molar-refractivity contribution is -0.117. The van der Waals surface area contributed by atoms with Crippen molar-refractivity contribution in [2.75, 3.05) is 43.1 Å². The molecule has 1 aromatic carbocycles. The fraction of sp³-hybridized carbons (Fsp3) is 0.529. The lowest BCUT2D eigenvalue weighted by atomic mass is 10.2. The van der Waals surface area contributed by atoms with Crippen LogP contribution in [-0.2, 0) is 9.53 Å².